The van der Waals surface area contributed by atoms with Crippen molar-refractivity contribution in [2.75, 3.05) is 18.5 Å². The summed E-state index contributed by atoms with van der Waals surface area (Å²) in [5, 5.41) is 13.8. The zero-order valence-electron chi connectivity index (χ0n) is 18.0. The summed E-state index contributed by atoms with van der Waals surface area (Å²) in [6.45, 7) is 0.234. The molecule has 7 nitrogen and oxygen atoms in total. The molecular formula is C26H21FN2O5. The number of alkyl carbamates (subject to hydrolysis) is 1. The number of rotatable bonds is 7. The molecule has 172 valence electrons. The number of carboxylic acids is 1. The molecule has 2 amide bonds. The predicted molar refractivity (Wildman–Crippen MR) is 124 cm³/mol. The van der Waals surface area contributed by atoms with E-state index in [1.54, 1.807) is 0 Å². The molecule has 3 aromatic rings. The van der Waals surface area contributed by atoms with E-state index in [2.05, 4.69) is 22.8 Å². The highest BCUT2D eigenvalue weighted by Crippen LogP contribution is 2.44. The maximum atomic E-state index is 13.7. The van der Waals surface area contributed by atoms with E-state index in [4.69, 9.17) is 9.84 Å². The first-order chi connectivity index (χ1) is 16.4. The largest absolute Gasteiger partial charge is 0.478 e. The third kappa shape index (κ3) is 4.96. The van der Waals surface area contributed by atoms with E-state index < -0.39 is 29.4 Å². The monoisotopic (exact) mass is 460 g/mol. The van der Waals surface area contributed by atoms with Gasteiger partial charge in [0.15, 0.2) is 0 Å². The number of benzene rings is 3. The van der Waals surface area contributed by atoms with Crippen LogP contribution >= 0.6 is 0 Å². The van der Waals surface area contributed by atoms with Crippen LogP contribution in [0.25, 0.3) is 11.1 Å². The molecule has 0 spiro atoms. The molecule has 0 bridgehead atoms. The van der Waals surface area contributed by atoms with E-state index in [0.717, 1.165) is 34.4 Å². The Morgan fingerprint density at radius 3 is 2.24 bits per heavy atom. The van der Waals surface area contributed by atoms with Crippen LogP contribution in [0.1, 0.15) is 27.4 Å². The van der Waals surface area contributed by atoms with Gasteiger partial charge in [0.25, 0.3) is 0 Å². The third-order valence-electron chi connectivity index (χ3n) is 5.44. The van der Waals surface area contributed by atoms with Crippen molar-refractivity contribution in [3.8, 4) is 11.1 Å². The van der Waals surface area contributed by atoms with Gasteiger partial charge in [-0.2, -0.15) is 0 Å². The summed E-state index contributed by atoms with van der Waals surface area (Å²) in [6.07, 6.45) is 1.98. The number of hydrogen-bond acceptors (Lipinski definition) is 4. The Hall–Kier alpha value is -4.46. The Balaban J connectivity index is 1.25. The van der Waals surface area contributed by atoms with E-state index in [1.165, 1.54) is 18.2 Å². The molecule has 0 atom stereocenters. The summed E-state index contributed by atoms with van der Waals surface area (Å²) in [7, 11) is 0. The quantitative estimate of drug-likeness (QED) is 0.449. The van der Waals surface area contributed by atoms with E-state index in [9.17, 15) is 18.8 Å². The first-order valence-electron chi connectivity index (χ1n) is 10.5. The average Bonchev–Trinajstić information content (AvgIpc) is 3.14. The fraction of sp³-hybridized carbons (Fsp3) is 0.115. The number of nitrogens with one attached hydrogen (secondary N) is 2. The van der Waals surface area contributed by atoms with Gasteiger partial charge in [-0.1, -0.05) is 54.6 Å². The lowest BCUT2D eigenvalue weighted by atomic mass is 9.98. The second-order valence-corrected chi connectivity index (χ2v) is 7.60. The number of anilines is 1. The summed E-state index contributed by atoms with van der Waals surface area (Å²) in [5.41, 5.74) is 4.13. The van der Waals surface area contributed by atoms with Gasteiger partial charge in [0.1, 0.15) is 12.4 Å². The molecule has 0 aromatic heterocycles. The van der Waals surface area contributed by atoms with Gasteiger partial charge >= 0.3 is 12.1 Å². The van der Waals surface area contributed by atoms with Gasteiger partial charge in [0, 0.05) is 24.2 Å². The highest BCUT2D eigenvalue weighted by atomic mass is 19.1. The van der Waals surface area contributed by atoms with Crippen LogP contribution in [-0.4, -0.2) is 36.2 Å². The molecule has 34 heavy (non-hydrogen) atoms. The van der Waals surface area contributed by atoms with Crippen LogP contribution in [0.3, 0.4) is 0 Å². The topological polar surface area (TPSA) is 105 Å². The number of halogens is 1. The fourth-order valence-electron chi connectivity index (χ4n) is 3.91. The second-order valence-electron chi connectivity index (χ2n) is 7.60. The summed E-state index contributed by atoms with van der Waals surface area (Å²) < 4.78 is 19.1. The molecule has 0 unspecified atom stereocenters. The number of ether oxygens (including phenoxy) is 1. The Kier molecular flexibility index (Phi) is 6.68. The second kappa shape index (κ2) is 9.99. The molecule has 1 aliphatic carbocycles. The maximum absolute atomic E-state index is 13.7. The lowest BCUT2D eigenvalue weighted by Crippen LogP contribution is -2.26. The van der Waals surface area contributed by atoms with E-state index in [0.29, 0.717) is 0 Å². The summed E-state index contributed by atoms with van der Waals surface area (Å²) in [5.74, 6) is -2.95. The van der Waals surface area contributed by atoms with Crippen LogP contribution in [-0.2, 0) is 9.53 Å². The van der Waals surface area contributed by atoms with Crippen LogP contribution in [0, 0.1) is 5.82 Å². The Bertz CT molecular complexity index is 1240. The van der Waals surface area contributed by atoms with Gasteiger partial charge in [-0.05, 0) is 40.5 Å². The molecule has 3 N–H and O–H groups in total. The van der Waals surface area contributed by atoms with E-state index in [1.807, 2.05) is 36.4 Å². The number of carbonyl (C=O) groups excluding carboxylic acids is 2. The molecule has 0 heterocycles. The number of aromatic carboxylic acids is 1. The van der Waals surface area contributed by atoms with Crippen molar-refractivity contribution >= 4 is 23.7 Å². The van der Waals surface area contributed by atoms with Crippen LogP contribution in [0.4, 0.5) is 14.9 Å². The molecule has 1 aliphatic rings. The maximum Gasteiger partial charge on any atom is 0.407 e. The molecule has 3 aromatic carbocycles. The summed E-state index contributed by atoms with van der Waals surface area (Å²) >= 11 is 0. The van der Waals surface area contributed by atoms with Crippen LogP contribution in [0.15, 0.2) is 78.9 Å². The molecule has 0 saturated heterocycles. The number of fused-ring (bicyclic) bond motifs is 3. The van der Waals surface area contributed by atoms with Crippen molar-refractivity contribution < 1.29 is 28.6 Å². The smallest absolute Gasteiger partial charge is 0.407 e. The molecule has 0 radical (unpaired) electrons. The van der Waals surface area contributed by atoms with E-state index in [-0.39, 0.29) is 24.8 Å². The molecule has 4 rings (SSSR count). The Labute approximate surface area is 194 Å². The van der Waals surface area contributed by atoms with Crippen molar-refractivity contribution in [3.63, 3.8) is 0 Å². The van der Waals surface area contributed by atoms with Crippen molar-refractivity contribution in [2.24, 2.45) is 0 Å². The van der Waals surface area contributed by atoms with Crippen molar-refractivity contribution in [3.05, 3.63) is 101 Å². The average molecular weight is 460 g/mol. The minimum atomic E-state index is -1.39. The summed E-state index contributed by atoms with van der Waals surface area (Å²) in [4.78, 5) is 34.9. The fourth-order valence-corrected chi connectivity index (χ4v) is 3.91. The number of carboxylic acid groups (broad SMARTS) is 1. The standard InChI is InChI=1S/C26H21FN2O5/c27-23-14-16(11-12-21(23)25(31)32)29-24(30)10-5-13-28-26(33)34-15-22-19-8-3-1-6-17(19)18-7-2-4-9-20(18)22/h1-12,14,22H,13,15H2,(H,28,33)(H,29,30)(H,31,32)/b10-5+. The van der Waals surface area contributed by atoms with Crippen molar-refractivity contribution in [1.82, 2.24) is 5.32 Å². The van der Waals surface area contributed by atoms with Gasteiger partial charge in [-0.25, -0.2) is 14.0 Å². The lowest BCUT2D eigenvalue weighted by Gasteiger charge is -2.14. The number of carbonyl (C=O) groups is 3. The zero-order valence-corrected chi connectivity index (χ0v) is 18.0. The van der Waals surface area contributed by atoms with Crippen LogP contribution < -0.4 is 10.6 Å². The van der Waals surface area contributed by atoms with Gasteiger partial charge in [-0.15, -0.1) is 0 Å². The minimum Gasteiger partial charge on any atom is -0.478 e. The van der Waals surface area contributed by atoms with Gasteiger partial charge in [0.05, 0.1) is 5.56 Å². The summed E-state index contributed by atoms with van der Waals surface area (Å²) in [6, 6.07) is 19.3. The van der Waals surface area contributed by atoms with Gasteiger partial charge < -0.3 is 20.5 Å². The highest BCUT2D eigenvalue weighted by Gasteiger charge is 2.28. The normalized spacial score (nSPS) is 12.1. The third-order valence-corrected chi connectivity index (χ3v) is 5.44. The zero-order chi connectivity index (χ0) is 24.1. The minimum absolute atomic E-state index is 0.0487. The lowest BCUT2D eigenvalue weighted by molar-refractivity contribution is -0.111. The van der Waals surface area contributed by atoms with Crippen LogP contribution in [0.2, 0.25) is 0 Å². The highest BCUT2D eigenvalue weighted by molar-refractivity contribution is 5.99. The van der Waals surface area contributed by atoms with Gasteiger partial charge in [0.2, 0.25) is 5.91 Å². The predicted octanol–water partition coefficient (Wildman–Crippen LogP) is 4.56. The number of hydrogen-bond donors (Lipinski definition) is 3. The molecule has 8 heteroatoms. The first kappa shape index (κ1) is 22.7. The first-order valence-corrected chi connectivity index (χ1v) is 10.5. The molecule has 0 aliphatic heterocycles. The molecule has 0 fully saturated rings. The Morgan fingerprint density at radius 2 is 1.62 bits per heavy atom. The van der Waals surface area contributed by atoms with Gasteiger partial charge in [-0.3, -0.25) is 4.79 Å². The molecular weight excluding hydrogens is 439 g/mol. The number of amides is 2. The van der Waals surface area contributed by atoms with Crippen molar-refractivity contribution in [2.45, 2.75) is 5.92 Å². The SMILES string of the molecule is O=C(/C=C/CNC(=O)OCC1c2ccccc2-c2ccccc21)Nc1ccc(C(=O)O)c(F)c1. The Morgan fingerprint density at radius 1 is 0.971 bits per heavy atom. The molecule has 0 saturated carbocycles. The van der Waals surface area contributed by atoms with Crippen molar-refractivity contribution in [1.29, 1.82) is 0 Å². The van der Waals surface area contributed by atoms with E-state index >= 15 is 0 Å². The van der Waals surface area contributed by atoms with Crippen LogP contribution in [0.5, 0.6) is 0 Å².